The Balaban J connectivity index is 2.08. The van der Waals surface area contributed by atoms with Crippen molar-refractivity contribution >= 4 is 17.7 Å². The minimum absolute atomic E-state index is 0.201. The standard InChI is InChI=1S/C13H18N2O3S/c1-8(2)19-7-11-14-12(18-15-11)9-5-3-4-6-10(9)13(16)17/h3-4,8-10H,5-7H2,1-2H3,(H,16,17). The van der Waals surface area contributed by atoms with Crippen molar-refractivity contribution in [2.75, 3.05) is 0 Å². The predicted molar refractivity (Wildman–Crippen MR) is 73.0 cm³/mol. The fraction of sp³-hybridized carbons (Fsp3) is 0.615. The Morgan fingerprint density at radius 2 is 2.26 bits per heavy atom. The Kier molecular flexibility index (Phi) is 4.63. The van der Waals surface area contributed by atoms with Gasteiger partial charge >= 0.3 is 5.97 Å². The summed E-state index contributed by atoms with van der Waals surface area (Å²) in [4.78, 5) is 15.6. The monoisotopic (exact) mass is 282 g/mol. The fourth-order valence-electron chi connectivity index (χ4n) is 2.08. The molecule has 0 saturated heterocycles. The number of aromatic nitrogens is 2. The van der Waals surface area contributed by atoms with Crippen LogP contribution in [0.15, 0.2) is 16.7 Å². The van der Waals surface area contributed by atoms with Crippen molar-refractivity contribution in [3.8, 4) is 0 Å². The number of aliphatic carboxylic acids is 1. The van der Waals surface area contributed by atoms with Gasteiger partial charge in [0, 0.05) is 0 Å². The predicted octanol–water partition coefficient (Wildman–Crippen LogP) is 2.85. The first-order valence-electron chi connectivity index (χ1n) is 6.39. The number of carboxylic acids is 1. The van der Waals surface area contributed by atoms with E-state index in [1.54, 1.807) is 11.8 Å². The van der Waals surface area contributed by atoms with Gasteiger partial charge < -0.3 is 9.63 Å². The van der Waals surface area contributed by atoms with Gasteiger partial charge in [0.1, 0.15) is 0 Å². The Bertz CT molecular complexity index is 470. The second-order valence-electron chi connectivity index (χ2n) is 4.90. The van der Waals surface area contributed by atoms with Crippen LogP contribution in [0.4, 0.5) is 0 Å². The van der Waals surface area contributed by atoms with Crippen molar-refractivity contribution in [3.63, 3.8) is 0 Å². The highest BCUT2D eigenvalue weighted by atomic mass is 32.2. The number of rotatable bonds is 5. The number of hydrogen-bond acceptors (Lipinski definition) is 5. The molecule has 1 aromatic heterocycles. The lowest BCUT2D eigenvalue weighted by atomic mass is 9.83. The Morgan fingerprint density at radius 3 is 2.95 bits per heavy atom. The van der Waals surface area contributed by atoms with Crippen LogP contribution >= 0.6 is 11.8 Å². The third-order valence-electron chi connectivity index (χ3n) is 3.10. The average molecular weight is 282 g/mol. The van der Waals surface area contributed by atoms with E-state index >= 15 is 0 Å². The molecule has 104 valence electrons. The maximum atomic E-state index is 11.2. The molecule has 1 aromatic rings. The molecule has 0 bridgehead atoms. The van der Waals surface area contributed by atoms with Gasteiger partial charge in [0.05, 0.1) is 17.6 Å². The summed E-state index contributed by atoms with van der Waals surface area (Å²) in [6.45, 7) is 4.22. The molecule has 1 aliphatic rings. The van der Waals surface area contributed by atoms with Crippen molar-refractivity contribution in [2.24, 2.45) is 5.92 Å². The largest absolute Gasteiger partial charge is 0.481 e. The SMILES string of the molecule is CC(C)SCc1noc(C2CC=CCC2C(=O)O)n1. The normalized spacial score (nSPS) is 22.9. The molecule has 2 atom stereocenters. The van der Waals surface area contributed by atoms with E-state index in [2.05, 4.69) is 24.0 Å². The molecular formula is C13H18N2O3S. The first-order chi connectivity index (χ1) is 9.08. The molecule has 1 heterocycles. The number of thioether (sulfide) groups is 1. The highest BCUT2D eigenvalue weighted by Crippen LogP contribution is 2.34. The van der Waals surface area contributed by atoms with Gasteiger partial charge in [-0.3, -0.25) is 4.79 Å². The first-order valence-corrected chi connectivity index (χ1v) is 7.44. The van der Waals surface area contributed by atoms with Gasteiger partial charge in [-0.05, 0) is 18.1 Å². The molecule has 0 saturated carbocycles. The molecule has 2 rings (SSSR count). The lowest BCUT2D eigenvalue weighted by Gasteiger charge is -2.21. The summed E-state index contributed by atoms with van der Waals surface area (Å²) in [6, 6.07) is 0. The number of hydrogen-bond donors (Lipinski definition) is 1. The maximum absolute atomic E-state index is 11.2. The van der Waals surface area contributed by atoms with Crippen LogP contribution in [-0.2, 0) is 10.5 Å². The number of nitrogens with zero attached hydrogens (tertiary/aromatic N) is 2. The van der Waals surface area contributed by atoms with Crippen LogP contribution in [0.1, 0.15) is 44.3 Å². The summed E-state index contributed by atoms with van der Waals surface area (Å²) >= 11 is 1.74. The van der Waals surface area contributed by atoms with E-state index in [0.29, 0.717) is 35.6 Å². The van der Waals surface area contributed by atoms with Crippen LogP contribution in [0.5, 0.6) is 0 Å². The van der Waals surface area contributed by atoms with Crippen molar-refractivity contribution in [1.82, 2.24) is 10.1 Å². The van der Waals surface area contributed by atoms with Gasteiger partial charge in [0.25, 0.3) is 0 Å². The van der Waals surface area contributed by atoms with Crippen LogP contribution < -0.4 is 0 Å². The topological polar surface area (TPSA) is 76.2 Å². The third-order valence-corrected chi connectivity index (χ3v) is 4.19. The zero-order valence-electron chi connectivity index (χ0n) is 11.1. The third kappa shape index (κ3) is 3.59. The van der Waals surface area contributed by atoms with Gasteiger partial charge in [-0.2, -0.15) is 16.7 Å². The Morgan fingerprint density at radius 1 is 1.53 bits per heavy atom. The second kappa shape index (κ2) is 6.23. The lowest BCUT2D eigenvalue weighted by Crippen LogP contribution is -2.23. The van der Waals surface area contributed by atoms with Crippen LogP contribution in [-0.4, -0.2) is 26.5 Å². The smallest absolute Gasteiger partial charge is 0.307 e. The molecule has 0 aliphatic heterocycles. The number of allylic oxidation sites excluding steroid dienone is 2. The van der Waals surface area contributed by atoms with E-state index in [0.717, 1.165) is 0 Å². The van der Waals surface area contributed by atoms with Crippen LogP contribution in [0.3, 0.4) is 0 Å². The van der Waals surface area contributed by atoms with Gasteiger partial charge in [-0.15, -0.1) is 0 Å². The zero-order valence-corrected chi connectivity index (χ0v) is 11.9. The molecule has 0 fully saturated rings. The molecule has 0 aromatic carbocycles. The van der Waals surface area contributed by atoms with Crippen molar-refractivity contribution < 1.29 is 14.4 Å². The molecule has 0 spiro atoms. The molecule has 2 unspecified atom stereocenters. The quantitative estimate of drug-likeness (QED) is 0.837. The fourth-order valence-corrected chi connectivity index (χ4v) is 2.68. The molecule has 1 N–H and O–H groups in total. The highest BCUT2D eigenvalue weighted by Gasteiger charge is 2.33. The minimum Gasteiger partial charge on any atom is -0.481 e. The summed E-state index contributed by atoms with van der Waals surface area (Å²) in [7, 11) is 0. The maximum Gasteiger partial charge on any atom is 0.307 e. The number of carboxylic acid groups (broad SMARTS) is 1. The van der Waals surface area contributed by atoms with Gasteiger partial charge in [0.15, 0.2) is 5.82 Å². The van der Waals surface area contributed by atoms with E-state index in [-0.39, 0.29) is 5.92 Å². The van der Waals surface area contributed by atoms with E-state index in [1.807, 2.05) is 12.2 Å². The second-order valence-corrected chi connectivity index (χ2v) is 6.47. The summed E-state index contributed by atoms with van der Waals surface area (Å²) < 4.78 is 5.25. The Hall–Kier alpha value is -1.30. The van der Waals surface area contributed by atoms with Crippen molar-refractivity contribution in [2.45, 2.75) is 43.6 Å². The van der Waals surface area contributed by atoms with Gasteiger partial charge in [-0.25, -0.2) is 0 Å². The Labute approximate surface area is 116 Å². The molecule has 5 nitrogen and oxygen atoms in total. The molecule has 0 radical (unpaired) electrons. The van der Waals surface area contributed by atoms with E-state index in [1.165, 1.54) is 0 Å². The van der Waals surface area contributed by atoms with E-state index in [9.17, 15) is 9.90 Å². The molecular weight excluding hydrogens is 264 g/mol. The lowest BCUT2D eigenvalue weighted by molar-refractivity contribution is -0.142. The van der Waals surface area contributed by atoms with E-state index in [4.69, 9.17) is 4.52 Å². The summed E-state index contributed by atoms with van der Waals surface area (Å²) in [6.07, 6.45) is 5.06. The van der Waals surface area contributed by atoms with Gasteiger partial charge in [0.2, 0.25) is 5.89 Å². The summed E-state index contributed by atoms with van der Waals surface area (Å²) in [5.41, 5.74) is 0. The molecule has 0 amide bonds. The molecule has 1 aliphatic carbocycles. The zero-order chi connectivity index (χ0) is 13.8. The van der Waals surface area contributed by atoms with Crippen LogP contribution in [0, 0.1) is 5.92 Å². The minimum atomic E-state index is -0.800. The summed E-state index contributed by atoms with van der Waals surface area (Å²) in [5, 5.41) is 13.7. The van der Waals surface area contributed by atoms with Crippen molar-refractivity contribution in [3.05, 3.63) is 23.9 Å². The van der Waals surface area contributed by atoms with Crippen LogP contribution in [0.2, 0.25) is 0 Å². The first kappa shape index (κ1) is 14.1. The molecule has 6 heteroatoms. The van der Waals surface area contributed by atoms with Crippen molar-refractivity contribution in [1.29, 1.82) is 0 Å². The average Bonchev–Trinajstić information content (AvgIpc) is 2.85. The van der Waals surface area contributed by atoms with Gasteiger partial charge in [-0.1, -0.05) is 31.2 Å². The highest BCUT2D eigenvalue weighted by molar-refractivity contribution is 7.99. The number of carbonyl (C=O) groups is 1. The van der Waals surface area contributed by atoms with Crippen LogP contribution in [0.25, 0.3) is 0 Å². The molecule has 19 heavy (non-hydrogen) atoms. The van der Waals surface area contributed by atoms with E-state index < -0.39 is 11.9 Å². The summed E-state index contributed by atoms with van der Waals surface area (Å²) in [5.74, 6) is 0.333.